The summed E-state index contributed by atoms with van der Waals surface area (Å²) in [6.45, 7) is 6.11. The monoisotopic (exact) mass is 813 g/mol. The van der Waals surface area contributed by atoms with Gasteiger partial charge in [-0.25, -0.2) is 0 Å². The molecule has 1 unspecified atom stereocenters. The number of ether oxygens (including phenoxy) is 3. The van der Waals surface area contributed by atoms with Gasteiger partial charge in [-0.15, -0.1) is 0 Å². The Morgan fingerprint density at radius 3 is 1.27 bits per heavy atom. The predicted octanol–water partition coefficient (Wildman–Crippen LogP) is 14.7. The molecule has 0 spiro atoms. The van der Waals surface area contributed by atoms with Gasteiger partial charge in [0, 0.05) is 19.3 Å². The maximum Gasteiger partial charge on any atom is 0.306 e. The van der Waals surface area contributed by atoms with E-state index in [1.165, 1.54) is 0 Å². The average molecular weight is 813 g/mol. The van der Waals surface area contributed by atoms with Crippen molar-refractivity contribution < 1.29 is 28.6 Å². The molecule has 0 heterocycles. The van der Waals surface area contributed by atoms with E-state index in [0.717, 1.165) is 109 Å². The van der Waals surface area contributed by atoms with E-state index in [4.69, 9.17) is 14.2 Å². The lowest BCUT2D eigenvalue weighted by atomic mass is 10.1. The van der Waals surface area contributed by atoms with Gasteiger partial charge in [-0.05, 0) is 103 Å². The van der Waals surface area contributed by atoms with Crippen LogP contribution < -0.4 is 0 Å². The molecule has 0 fully saturated rings. The molecule has 0 radical (unpaired) electrons. The minimum Gasteiger partial charge on any atom is -0.462 e. The Morgan fingerprint density at radius 2 is 0.729 bits per heavy atom. The topological polar surface area (TPSA) is 78.9 Å². The summed E-state index contributed by atoms with van der Waals surface area (Å²) in [5.41, 5.74) is 0. The van der Waals surface area contributed by atoms with Crippen LogP contribution in [0.4, 0.5) is 0 Å². The van der Waals surface area contributed by atoms with E-state index in [1.54, 1.807) is 0 Å². The Kier molecular flexibility index (Phi) is 42.8. The van der Waals surface area contributed by atoms with Crippen LogP contribution in [0.3, 0.4) is 0 Å². The second kappa shape index (κ2) is 46.2. The Bertz CT molecular complexity index is 1350. The molecule has 0 rings (SSSR count). The standard InChI is InChI=1S/C53H80O6/c1-4-7-10-13-16-19-21-23-24-25-26-27-28-30-31-34-37-40-43-46-52(55)58-49-50(48-57-51(54)45-42-39-36-33-18-15-12-9-6-3)59-53(56)47-44-41-38-35-32-29-22-20-17-14-11-8-5-2/h7-12,14,16-20,22-24,26-27,30-31,33,37,40,50H,4-6,13,15,21,25,28-29,32,34-36,38-39,41-49H2,1-3H3/b10-7-,11-8-,12-9-,17-14-,19-16-,22-20-,24-23-,27-26-,31-30-,33-18-,40-37-. The first-order valence-electron chi connectivity index (χ1n) is 22.7. The summed E-state index contributed by atoms with van der Waals surface area (Å²) in [5.74, 6) is -1.09. The summed E-state index contributed by atoms with van der Waals surface area (Å²) >= 11 is 0. The van der Waals surface area contributed by atoms with Gasteiger partial charge in [0.2, 0.25) is 0 Å². The fourth-order valence-corrected chi connectivity index (χ4v) is 5.38. The largest absolute Gasteiger partial charge is 0.462 e. The minimum atomic E-state index is -0.835. The molecule has 6 heteroatoms. The van der Waals surface area contributed by atoms with Gasteiger partial charge in [-0.3, -0.25) is 14.4 Å². The lowest BCUT2D eigenvalue weighted by Crippen LogP contribution is -2.30. The quantitative estimate of drug-likeness (QED) is 0.0203. The van der Waals surface area contributed by atoms with Gasteiger partial charge in [0.15, 0.2) is 6.10 Å². The molecule has 6 nitrogen and oxygen atoms in total. The molecule has 0 aromatic rings. The first-order chi connectivity index (χ1) is 29.0. The van der Waals surface area contributed by atoms with Gasteiger partial charge in [0.1, 0.15) is 13.2 Å². The summed E-state index contributed by atoms with van der Waals surface area (Å²) in [5, 5.41) is 0. The Hall–Kier alpha value is -4.45. The molecular formula is C53H80O6. The Labute approximate surface area is 360 Å². The number of carbonyl (C=O) groups excluding carboxylic acids is 3. The van der Waals surface area contributed by atoms with E-state index in [2.05, 4.69) is 136 Å². The van der Waals surface area contributed by atoms with Gasteiger partial charge in [-0.2, -0.15) is 0 Å². The van der Waals surface area contributed by atoms with Crippen LogP contribution >= 0.6 is 0 Å². The Balaban J connectivity index is 4.55. The van der Waals surface area contributed by atoms with Crippen molar-refractivity contribution in [2.45, 2.75) is 168 Å². The summed E-state index contributed by atoms with van der Waals surface area (Å²) in [6, 6.07) is 0. The summed E-state index contributed by atoms with van der Waals surface area (Å²) in [7, 11) is 0. The molecule has 0 aliphatic heterocycles. The third-order valence-corrected chi connectivity index (χ3v) is 8.71. The number of allylic oxidation sites excluding steroid dienone is 22. The van der Waals surface area contributed by atoms with Crippen LogP contribution in [0, 0.1) is 0 Å². The molecule has 0 N–H and O–H groups in total. The number of carbonyl (C=O) groups is 3. The normalized spacial score (nSPS) is 13.3. The van der Waals surface area contributed by atoms with E-state index < -0.39 is 6.10 Å². The van der Waals surface area contributed by atoms with Crippen molar-refractivity contribution in [3.63, 3.8) is 0 Å². The molecule has 0 amide bonds. The van der Waals surface area contributed by atoms with E-state index in [9.17, 15) is 14.4 Å². The van der Waals surface area contributed by atoms with E-state index >= 15 is 0 Å². The highest BCUT2D eigenvalue weighted by atomic mass is 16.6. The summed E-state index contributed by atoms with van der Waals surface area (Å²) in [6.07, 6.45) is 64.6. The zero-order chi connectivity index (χ0) is 43.0. The minimum absolute atomic E-state index is 0.133. The molecule has 0 saturated heterocycles. The van der Waals surface area contributed by atoms with Crippen molar-refractivity contribution in [3.05, 3.63) is 134 Å². The van der Waals surface area contributed by atoms with Crippen LogP contribution in [0.2, 0.25) is 0 Å². The fraction of sp³-hybridized carbons (Fsp3) is 0.528. The van der Waals surface area contributed by atoms with Crippen molar-refractivity contribution in [3.8, 4) is 0 Å². The van der Waals surface area contributed by atoms with Crippen LogP contribution in [0.5, 0.6) is 0 Å². The lowest BCUT2D eigenvalue weighted by Gasteiger charge is -2.18. The third-order valence-electron chi connectivity index (χ3n) is 8.71. The van der Waals surface area contributed by atoms with Crippen LogP contribution in [0.25, 0.3) is 0 Å². The summed E-state index contributed by atoms with van der Waals surface area (Å²) < 4.78 is 16.6. The highest BCUT2D eigenvalue weighted by Gasteiger charge is 2.19. The first kappa shape index (κ1) is 54.6. The molecule has 1 atom stereocenters. The number of hydrogen-bond donors (Lipinski definition) is 0. The molecule has 328 valence electrons. The zero-order valence-electron chi connectivity index (χ0n) is 37.2. The zero-order valence-corrected chi connectivity index (χ0v) is 37.2. The average Bonchev–Trinajstić information content (AvgIpc) is 3.23. The predicted molar refractivity (Wildman–Crippen MR) is 251 cm³/mol. The summed E-state index contributed by atoms with van der Waals surface area (Å²) in [4.78, 5) is 37.7. The number of hydrogen-bond acceptors (Lipinski definition) is 6. The van der Waals surface area contributed by atoms with Crippen LogP contribution in [0.1, 0.15) is 162 Å². The van der Waals surface area contributed by atoms with Crippen LogP contribution in [-0.2, 0) is 28.6 Å². The Morgan fingerprint density at radius 1 is 0.356 bits per heavy atom. The maximum atomic E-state index is 12.7. The molecule has 0 aromatic heterocycles. The molecule has 0 aliphatic rings. The molecule has 59 heavy (non-hydrogen) atoms. The van der Waals surface area contributed by atoms with Crippen molar-refractivity contribution in [2.75, 3.05) is 13.2 Å². The fourth-order valence-electron chi connectivity index (χ4n) is 5.38. The molecule has 0 aromatic carbocycles. The first-order valence-corrected chi connectivity index (χ1v) is 22.7. The van der Waals surface area contributed by atoms with Gasteiger partial charge < -0.3 is 14.2 Å². The van der Waals surface area contributed by atoms with E-state index in [0.29, 0.717) is 19.3 Å². The smallest absolute Gasteiger partial charge is 0.306 e. The maximum absolute atomic E-state index is 12.7. The molecular weight excluding hydrogens is 733 g/mol. The second-order valence-electron chi connectivity index (χ2n) is 14.2. The SMILES string of the molecule is CC\C=C/C=C\C=C/CCCCCCCC(=O)OC(COC(=O)CC/C=C\C/C=C\C/C=C\C/C=C\C/C=C\C/C=C\CC)COC(=O)CCCC/C=C\C/C=C\CC. The highest BCUT2D eigenvalue weighted by Crippen LogP contribution is 2.11. The third kappa shape index (κ3) is 44.5. The molecule has 0 aliphatic carbocycles. The highest BCUT2D eigenvalue weighted by molar-refractivity contribution is 5.71. The van der Waals surface area contributed by atoms with Crippen LogP contribution in [0.15, 0.2) is 134 Å². The molecule has 0 bridgehead atoms. The van der Waals surface area contributed by atoms with Crippen molar-refractivity contribution in [2.24, 2.45) is 0 Å². The van der Waals surface area contributed by atoms with Crippen LogP contribution in [-0.4, -0.2) is 37.2 Å². The van der Waals surface area contributed by atoms with E-state index in [-0.39, 0.29) is 44.0 Å². The number of unbranched alkanes of at least 4 members (excludes halogenated alkanes) is 7. The van der Waals surface area contributed by atoms with Gasteiger partial charge >= 0.3 is 17.9 Å². The second-order valence-corrected chi connectivity index (χ2v) is 14.2. The number of rotatable bonds is 38. The van der Waals surface area contributed by atoms with Gasteiger partial charge in [0.25, 0.3) is 0 Å². The lowest BCUT2D eigenvalue weighted by molar-refractivity contribution is -0.166. The van der Waals surface area contributed by atoms with Crippen molar-refractivity contribution in [1.29, 1.82) is 0 Å². The number of esters is 3. The van der Waals surface area contributed by atoms with Crippen molar-refractivity contribution >= 4 is 17.9 Å². The molecule has 0 saturated carbocycles. The van der Waals surface area contributed by atoms with E-state index in [1.807, 2.05) is 18.2 Å². The van der Waals surface area contributed by atoms with Gasteiger partial charge in [-0.1, -0.05) is 174 Å². The van der Waals surface area contributed by atoms with Gasteiger partial charge in [0.05, 0.1) is 0 Å². The van der Waals surface area contributed by atoms with Crippen molar-refractivity contribution in [1.82, 2.24) is 0 Å².